The maximum absolute atomic E-state index is 10.6. The highest BCUT2D eigenvalue weighted by Crippen LogP contribution is 2.22. The number of hydrogen-bond donors (Lipinski definition) is 2. The molecule has 100 valence electrons. The molecule has 5 nitrogen and oxygen atoms in total. The van der Waals surface area contributed by atoms with Gasteiger partial charge >= 0.3 is 0 Å². The topological polar surface area (TPSA) is 75.4 Å². The number of nitrogens with one attached hydrogen (secondary N) is 1. The molecular weight excluding hydrogens is 300 g/mol. The molecule has 0 bridgehead atoms. The molecule has 0 saturated carbocycles. The van der Waals surface area contributed by atoms with E-state index < -0.39 is 4.92 Å². The van der Waals surface area contributed by atoms with E-state index in [9.17, 15) is 15.2 Å². The minimum atomic E-state index is -0.424. The number of aliphatic hydroxyl groups is 1. The van der Waals surface area contributed by atoms with Gasteiger partial charge in [0, 0.05) is 29.7 Å². The average Bonchev–Trinajstić information content (AvgIpc) is 2.31. The first-order chi connectivity index (χ1) is 8.54. The summed E-state index contributed by atoms with van der Waals surface area (Å²) in [5.74, 6) is 0. The van der Waals surface area contributed by atoms with Crippen molar-refractivity contribution in [2.75, 3.05) is 6.54 Å². The van der Waals surface area contributed by atoms with Gasteiger partial charge in [-0.1, -0.05) is 29.3 Å². The van der Waals surface area contributed by atoms with E-state index in [2.05, 4.69) is 21.2 Å². The normalized spacial score (nSPS) is 12.4. The molecule has 1 aromatic carbocycles. The summed E-state index contributed by atoms with van der Waals surface area (Å²) in [7, 11) is 0. The zero-order valence-electron chi connectivity index (χ0n) is 10.2. The lowest BCUT2D eigenvalue weighted by Gasteiger charge is -2.11. The molecule has 0 amide bonds. The first kappa shape index (κ1) is 15.1. The highest BCUT2D eigenvalue weighted by Gasteiger charge is 2.09. The Kier molecular flexibility index (Phi) is 6.24. The van der Waals surface area contributed by atoms with Crippen molar-refractivity contribution in [1.82, 2.24) is 5.32 Å². The first-order valence-electron chi connectivity index (χ1n) is 5.86. The fourth-order valence-electron chi connectivity index (χ4n) is 1.60. The molecule has 0 saturated heterocycles. The van der Waals surface area contributed by atoms with Gasteiger partial charge in [0.1, 0.15) is 0 Å². The van der Waals surface area contributed by atoms with Gasteiger partial charge in [0.2, 0.25) is 0 Å². The summed E-state index contributed by atoms with van der Waals surface area (Å²) in [6.45, 7) is 3.12. The monoisotopic (exact) mass is 316 g/mol. The molecule has 1 atom stereocenters. The minimum absolute atomic E-state index is 0.0663. The maximum Gasteiger partial charge on any atom is 0.270 e. The fourth-order valence-corrected chi connectivity index (χ4v) is 2.11. The molecule has 0 heterocycles. The van der Waals surface area contributed by atoms with Crippen molar-refractivity contribution in [1.29, 1.82) is 0 Å². The Morgan fingerprint density at radius 2 is 2.28 bits per heavy atom. The van der Waals surface area contributed by atoms with E-state index >= 15 is 0 Å². The van der Waals surface area contributed by atoms with E-state index in [-0.39, 0.29) is 11.8 Å². The van der Waals surface area contributed by atoms with Crippen molar-refractivity contribution in [2.45, 2.75) is 32.4 Å². The molecule has 18 heavy (non-hydrogen) atoms. The predicted molar refractivity (Wildman–Crippen MR) is 73.4 cm³/mol. The SMILES string of the molecule is CCCC(O)CNCc1ccc([N+](=O)[O-])cc1Br. The minimum Gasteiger partial charge on any atom is -0.392 e. The van der Waals surface area contributed by atoms with Crippen LogP contribution in [-0.4, -0.2) is 22.7 Å². The van der Waals surface area contributed by atoms with Crippen molar-refractivity contribution in [3.63, 3.8) is 0 Å². The van der Waals surface area contributed by atoms with Gasteiger partial charge in [-0.15, -0.1) is 0 Å². The molecular formula is C12H17BrN2O3. The third kappa shape index (κ3) is 4.72. The number of non-ortho nitro benzene ring substituents is 1. The van der Waals surface area contributed by atoms with E-state index in [4.69, 9.17) is 0 Å². The Labute approximate surface area is 114 Å². The van der Waals surface area contributed by atoms with E-state index in [1.807, 2.05) is 6.92 Å². The molecule has 0 aliphatic rings. The lowest BCUT2D eigenvalue weighted by Crippen LogP contribution is -2.26. The van der Waals surface area contributed by atoms with E-state index in [1.54, 1.807) is 6.07 Å². The summed E-state index contributed by atoms with van der Waals surface area (Å²) in [6.07, 6.45) is 1.38. The first-order valence-corrected chi connectivity index (χ1v) is 6.65. The smallest absolute Gasteiger partial charge is 0.270 e. The van der Waals surface area contributed by atoms with E-state index in [0.717, 1.165) is 18.4 Å². The standard InChI is InChI=1S/C12H17BrN2O3/c1-2-3-11(16)8-14-7-9-4-5-10(15(17)18)6-12(9)13/h4-6,11,14,16H,2-3,7-8H2,1H3. The van der Waals surface area contributed by atoms with Crippen molar-refractivity contribution in [3.05, 3.63) is 38.3 Å². The van der Waals surface area contributed by atoms with Gasteiger partial charge in [-0.2, -0.15) is 0 Å². The second kappa shape index (κ2) is 7.45. The maximum atomic E-state index is 10.6. The van der Waals surface area contributed by atoms with Crippen LogP contribution in [0.4, 0.5) is 5.69 Å². The van der Waals surface area contributed by atoms with Crippen molar-refractivity contribution in [2.24, 2.45) is 0 Å². The summed E-state index contributed by atoms with van der Waals surface area (Å²) >= 11 is 3.31. The molecule has 0 fully saturated rings. The fraction of sp³-hybridized carbons (Fsp3) is 0.500. The molecule has 2 N–H and O–H groups in total. The van der Waals surface area contributed by atoms with Crippen LogP contribution < -0.4 is 5.32 Å². The van der Waals surface area contributed by atoms with Gasteiger partial charge < -0.3 is 10.4 Å². The Morgan fingerprint density at radius 1 is 1.56 bits per heavy atom. The van der Waals surface area contributed by atoms with Crippen LogP contribution in [0.2, 0.25) is 0 Å². The number of rotatable bonds is 7. The Morgan fingerprint density at radius 3 is 2.83 bits per heavy atom. The molecule has 1 unspecified atom stereocenters. The molecule has 6 heteroatoms. The summed E-state index contributed by atoms with van der Waals surface area (Å²) in [5.41, 5.74) is 1.00. The molecule has 0 aliphatic carbocycles. The van der Waals surface area contributed by atoms with Gasteiger partial charge in [-0.25, -0.2) is 0 Å². The molecule has 0 aliphatic heterocycles. The van der Waals surface area contributed by atoms with Crippen molar-refractivity contribution >= 4 is 21.6 Å². The zero-order chi connectivity index (χ0) is 13.5. The van der Waals surface area contributed by atoms with Crippen LogP contribution in [0.1, 0.15) is 25.3 Å². The van der Waals surface area contributed by atoms with Crippen LogP contribution >= 0.6 is 15.9 Å². The summed E-state index contributed by atoms with van der Waals surface area (Å²) in [6, 6.07) is 4.67. The van der Waals surface area contributed by atoms with Crippen LogP contribution in [0.15, 0.2) is 22.7 Å². The zero-order valence-corrected chi connectivity index (χ0v) is 11.8. The van der Waals surface area contributed by atoms with E-state index in [0.29, 0.717) is 17.6 Å². The Balaban J connectivity index is 2.50. The molecule has 0 radical (unpaired) electrons. The lowest BCUT2D eigenvalue weighted by atomic mass is 10.2. The number of nitro groups is 1. The van der Waals surface area contributed by atoms with Gasteiger partial charge in [0.15, 0.2) is 0 Å². The van der Waals surface area contributed by atoms with E-state index in [1.165, 1.54) is 12.1 Å². The molecule has 0 aromatic heterocycles. The molecule has 0 spiro atoms. The average molecular weight is 317 g/mol. The van der Waals surface area contributed by atoms with Crippen LogP contribution in [0, 0.1) is 10.1 Å². The number of hydrogen-bond acceptors (Lipinski definition) is 4. The van der Waals surface area contributed by atoms with Crippen LogP contribution in [0.3, 0.4) is 0 Å². The van der Waals surface area contributed by atoms with Gasteiger partial charge in [-0.3, -0.25) is 10.1 Å². The highest BCUT2D eigenvalue weighted by atomic mass is 79.9. The number of halogens is 1. The Hall–Kier alpha value is -0.980. The summed E-state index contributed by atoms with van der Waals surface area (Å²) in [5, 5.41) is 23.3. The van der Waals surface area contributed by atoms with Crippen molar-refractivity contribution < 1.29 is 10.0 Å². The van der Waals surface area contributed by atoms with Crippen LogP contribution in [-0.2, 0) is 6.54 Å². The molecule has 1 rings (SSSR count). The third-order valence-corrected chi connectivity index (χ3v) is 3.30. The van der Waals surface area contributed by atoms with Gasteiger partial charge in [0.05, 0.1) is 11.0 Å². The number of benzene rings is 1. The second-order valence-electron chi connectivity index (χ2n) is 4.11. The quantitative estimate of drug-likeness (QED) is 0.599. The Bertz CT molecular complexity index is 412. The van der Waals surface area contributed by atoms with Gasteiger partial charge in [-0.05, 0) is 18.1 Å². The number of aliphatic hydroxyl groups excluding tert-OH is 1. The third-order valence-electron chi connectivity index (χ3n) is 2.56. The van der Waals surface area contributed by atoms with Crippen molar-refractivity contribution in [3.8, 4) is 0 Å². The van der Waals surface area contributed by atoms with Crippen LogP contribution in [0.25, 0.3) is 0 Å². The second-order valence-corrected chi connectivity index (χ2v) is 4.96. The largest absolute Gasteiger partial charge is 0.392 e. The lowest BCUT2D eigenvalue weighted by molar-refractivity contribution is -0.384. The predicted octanol–water partition coefficient (Wildman–Crippen LogP) is 2.61. The van der Waals surface area contributed by atoms with Gasteiger partial charge in [0.25, 0.3) is 5.69 Å². The summed E-state index contributed by atoms with van der Waals surface area (Å²) in [4.78, 5) is 10.2. The molecule has 1 aromatic rings. The summed E-state index contributed by atoms with van der Waals surface area (Å²) < 4.78 is 0.703. The number of nitrogens with zero attached hydrogens (tertiary/aromatic N) is 1. The van der Waals surface area contributed by atoms with Crippen LogP contribution in [0.5, 0.6) is 0 Å². The highest BCUT2D eigenvalue weighted by molar-refractivity contribution is 9.10. The number of nitro benzene ring substituents is 1.